The lowest BCUT2D eigenvalue weighted by atomic mass is 10.1. The number of hydrogen-bond donors (Lipinski definition) is 1. The minimum atomic E-state index is -3.09. The summed E-state index contributed by atoms with van der Waals surface area (Å²) in [7, 11) is -3.09. The predicted molar refractivity (Wildman–Crippen MR) is 176 cm³/mol. The van der Waals surface area contributed by atoms with Gasteiger partial charge in [-0.05, 0) is 60.7 Å². The normalized spacial score (nSPS) is 11.4. The number of fused-ring (bicyclic) bond motifs is 1. The molecule has 4 aromatic carbocycles. The molecule has 0 spiro atoms. The van der Waals surface area contributed by atoms with Crippen LogP contribution in [0.4, 0.5) is 17.1 Å². The molecule has 2 heterocycles. The maximum absolute atomic E-state index is 11.9. The molecule has 0 saturated heterocycles. The molecule has 6 rings (SSSR count). The number of nitrogens with zero attached hydrogens (tertiary/aromatic N) is 3. The van der Waals surface area contributed by atoms with Crippen LogP contribution in [0.5, 0.6) is 11.5 Å². The third-order valence-corrected chi connectivity index (χ3v) is 8.64. The summed E-state index contributed by atoms with van der Waals surface area (Å²) < 4.78 is 29.6. The Bertz CT molecular complexity index is 1930. The number of rotatable bonds is 11. The molecule has 0 aliphatic carbocycles. The Balaban J connectivity index is 1.17. The van der Waals surface area contributed by atoms with Gasteiger partial charge in [0, 0.05) is 52.4 Å². The largest absolute Gasteiger partial charge is 0.457 e. The topological polar surface area (TPSA) is 84.4 Å². The molecule has 7 nitrogen and oxygen atoms in total. The lowest BCUT2D eigenvalue weighted by molar-refractivity contribution is 0.483. The highest BCUT2D eigenvalue weighted by Crippen LogP contribution is 2.31. The van der Waals surface area contributed by atoms with Crippen molar-refractivity contribution in [1.82, 2.24) is 9.97 Å². The summed E-state index contributed by atoms with van der Waals surface area (Å²) in [5.74, 6) is 1.65. The van der Waals surface area contributed by atoms with Crippen molar-refractivity contribution in [2.75, 3.05) is 28.8 Å². The molecule has 0 fully saturated rings. The maximum atomic E-state index is 11.9. The van der Waals surface area contributed by atoms with E-state index in [2.05, 4.69) is 33.4 Å². The summed E-state index contributed by atoms with van der Waals surface area (Å²) in [5, 5.41) is 7.46. The fourth-order valence-electron chi connectivity index (χ4n) is 4.70. The minimum absolute atomic E-state index is 0.0818. The van der Waals surface area contributed by atoms with E-state index in [4.69, 9.17) is 9.72 Å². The van der Waals surface area contributed by atoms with Crippen molar-refractivity contribution < 1.29 is 13.2 Å². The average molecular weight is 607 g/mol. The van der Waals surface area contributed by atoms with Crippen LogP contribution in [0.15, 0.2) is 121 Å². The van der Waals surface area contributed by atoms with Crippen LogP contribution >= 0.6 is 11.3 Å². The number of anilines is 3. The highest BCUT2D eigenvalue weighted by Gasteiger charge is 2.14. The van der Waals surface area contributed by atoms with Crippen molar-refractivity contribution in [3.63, 3.8) is 0 Å². The van der Waals surface area contributed by atoms with Crippen LogP contribution < -0.4 is 15.0 Å². The Kier molecular flexibility index (Phi) is 8.35. The molecule has 0 aliphatic heterocycles. The maximum Gasteiger partial charge on any atom is 0.149 e. The third-order valence-electron chi connectivity index (χ3n) is 6.88. The van der Waals surface area contributed by atoms with Gasteiger partial charge < -0.3 is 15.0 Å². The SMILES string of the molecule is CS(=O)(=O)CCN(Cc1nc(-c2ccc3c(Nc4ccc(Oc5ccccc5)cc4)ccnc3c2)cs1)c1ccccc1. The number of benzene rings is 4. The highest BCUT2D eigenvalue weighted by atomic mass is 32.2. The monoisotopic (exact) mass is 606 g/mol. The minimum Gasteiger partial charge on any atom is -0.457 e. The molecule has 0 unspecified atom stereocenters. The second-order valence-corrected chi connectivity index (χ2v) is 13.4. The Morgan fingerprint density at radius 3 is 2.33 bits per heavy atom. The molecule has 2 aromatic heterocycles. The number of hydrogen-bond acceptors (Lipinski definition) is 8. The van der Waals surface area contributed by atoms with Gasteiger partial charge in [-0.3, -0.25) is 4.98 Å². The lowest BCUT2D eigenvalue weighted by Gasteiger charge is -2.23. The van der Waals surface area contributed by atoms with Gasteiger partial charge in [0.1, 0.15) is 26.3 Å². The van der Waals surface area contributed by atoms with Crippen molar-refractivity contribution in [3.8, 4) is 22.8 Å². The molecule has 1 N–H and O–H groups in total. The van der Waals surface area contributed by atoms with Crippen molar-refractivity contribution in [2.45, 2.75) is 6.54 Å². The summed E-state index contributed by atoms with van der Waals surface area (Å²) in [5.41, 5.74) is 5.57. The van der Waals surface area contributed by atoms with Gasteiger partial charge in [0.15, 0.2) is 0 Å². The van der Waals surface area contributed by atoms with Crippen molar-refractivity contribution in [1.29, 1.82) is 0 Å². The summed E-state index contributed by atoms with van der Waals surface area (Å²) in [6.07, 6.45) is 3.07. The summed E-state index contributed by atoms with van der Waals surface area (Å²) >= 11 is 1.57. The zero-order chi connectivity index (χ0) is 29.6. The van der Waals surface area contributed by atoms with E-state index < -0.39 is 9.84 Å². The Morgan fingerprint density at radius 2 is 1.58 bits per heavy atom. The van der Waals surface area contributed by atoms with Gasteiger partial charge in [-0.2, -0.15) is 0 Å². The molecule has 0 saturated carbocycles. The van der Waals surface area contributed by atoms with Gasteiger partial charge in [0.25, 0.3) is 0 Å². The molecule has 216 valence electrons. The number of thiazole rings is 1. The third kappa shape index (κ3) is 7.38. The summed E-state index contributed by atoms with van der Waals surface area (Å²) in [6, 6.07) is 35.6. The first-order valence-electron chi connectivity index (χ1n) is 13.8. The fraction of sp³-hybridized carbons (Fsp3) is 0.118. The van der Waals surface area contributed by atoms with Crippen molar-refractivity contribution >= 4 is 49.1 Å². The van der Waals surface area contributed by atoms with E-state index in [-0.39, 0.29) is 5.75 Å². The smallest absolute Gasteiger partial charge is 0.149 e. The van der Waals surface area contributed by atoms with Gasteiger partial charge >= 0.3 is 0 Å². The van der Waals surface area contributed by atoms with E-state index in [0.717, 1.165) is 55.7 Å². The molecule has 9 heteroatoms. The predicted octanol–water partition coefficient (Wildman–Crippen LogP) is 7.95. The van der Waals surface area contributed by atoms with Crippen LogP contribution in [-0.2, 0) is 16.4 Å². The number of para-hydroxylation sites is 2. The molecule has 0 amide bonds. The average Bonchev–Trinajstić information content (AvgIpc) is 3.49. The first kappa shape index (κ1) is 28.4. The van der Waals surface area contributed by atoms with Crippen molar-refractivity contribution in [2.24, 2.45) is 0 Å². The van der Waals surface area contributed by atoms with Gasteiger partial charge in [-0.15, -0.1) is 11.3 Å². The van der Waals surface area contributed by atoms with Crippen LogP contribution in [-0.4, -0.2) is 36.9 Å². The van der Waals surface area contributed by atoms with Gasteiger partial charge in [-0.25, -0.2) is 13.4 Å². The number of aromatic nitrogens is 2. The van der Waals surface area contributed by atoms with Crippen molar-refractivity contribution in [3.05, 3.63) is 126 Å². The quantitative estimate of drug-likeness (QED) is 0.160. The Hall–Kier alpha value is -4.73. The molecular formula is C34H30N4O3S2. The van der Waals surface area contributed by atoms with Crippen LogP contribution in [0, 0.1) is 0 Å². The van der Waals surface area contributed by atoms with Crippen LogP contribution in [0.3, 0.4) is 0 Å². The Morgan fingerprint density at radius 1 is 0.860 bits per heavy atom. The van der Waals surface area contributed by atoms with Crippen LogP contribution in [0.1, 0.15) is 5.01 Å². The molecular weight excluding hydrogens is 577 g/mol. The number of nitrogens with one attached hydrogen (secondary N) is 1. The summed E-state index contributed by atoms with van der Waals surface area (Å²) in [4.78, 5) is 11.6. The van der Waals surface area contributed by atoms with E-state index in [1.807, 2.05) is 96.4 Å². The number of sulfone groups is 1. The zero-order valence-electron chi connectivity index (χ0n) is 23.6. The van der Waals surface area contributed by atoms with Gasteiger partial charge in [-0.1, -0.05) is 48.5 Å². The highest BCUT2D eigenvalue weighted by molar-refractivity contribution is 7.90. The first-order chi connectivity index (χ1) is 20.9. The first-order valence-corrected chi connectivity index (χ1v) is 16.7. The lowest BCUT2D eigenvalue weighted by Crippen LogP contribution is -2.28. The van der Waals surface area contributed by atoms with Crippen LogP contribution in [0.25, 0.3) is 22.2 Å². The molecule has 0 bridgehead atoms. The van der Waals surface area contributed by atoms with E-state index >= 15 is 0 Å². The van der Waals surface area contributed by atoms with Gasteiger partial charge in [0.2, 0.25) is 0 Å². The fourth-order valence-corrected chi connectivity index (χ4v) is 6.07. The second-order valence-electron chi connectivity index (χ2n) is 10.2. The standard InChI is InChI=1S/C34H30N4O3S2/c1-43(39,40)21-20-38(27-8-4-2-5-9-27)23-34-37-33(24-42-34)25-12-17-30-31(18-19-35-32(30)22-25)36-26-13-15-29(16-14-26)41-28-10-6-3-7-11-28/h2-19,22,24H,20-21,23H2,1H3,(H,35,36). The van der Waals surface area contributed by atoms with E-state index in [9.17, 15) is 8.42 Å². The number of ether oxygens (including phenoxy) is 1. The van der Waals surface area contributed by atoms with E-state index in [1.54, 1.807) is 17.5 Å². The molecule has 43 heavy (non-hydrogen) atoms. The molecule has 0 atom stereocenters. The zero-order valence-corrected chi connectivity index (χ0v) is 25.2. The Labute approximate surface area is 255 Å². The molecule has 0 aliphatic rings. The van der Waals surface area contributed by atoms with E-state index in [1.165, 1.54) is 6.26 Å². The number of pyridine rings is 1. The summed E-state index contributed by atoms with van der Waals surface area (Å²) in [6.45, 7) is 0.926. The van der Waals surface area contributed by atoms with Gasteiger partial charge in [0.05, 0.1) is 23.5 Å². The van der Waals surface area contributed by atoms with Crippen LogP contribution in [0.2, 0.25) is 0 Å². The second kappa shape index (κ2) is 12.6. The van der Waals surface area contributed by atoms with E-state index in [0.29, 0.717) is 13.1 Å². The molecule has 0 radical (unpaired) electrons. The molecule has 6 aromatic rings.